The van der Waals surface area contributed by atoms with Crippen LogP contribution in [0.15, 0.2) is 16.9 Å². The van der Waals surface area contributed by atoms with Crippen LogP contribution >= 0.6 is 0 Å². The second-order valence-corrected chi connectivity index (χ2v) is 9.09. The van der Waals surface area contributed by atoms with Crippen LogP contribution in [0.3, 0.4) is 0 Å². The van der Waals surface area contributed by atoms with Gasteiger partial charge in [-0.2, -0.15) is 0 Å². The monoisotopic (exact) mass is 438 g/mol. The van der Waals surface area contributed by atoms with E-state index in [4.69, 9.17) is 10.1 Å². The average molecular weight is 439 g/mol. The number of anilines is 2. The van der Waals surface area contributed by atoms with Crippen LogP contribution < -0.4 is 20.7 Å². The van der Waals surface area contributed by atoms with E-state index >= 15 is 0 Å². The molecule has 166 valence electrons. The number of hydrogen-bond donors (Lipinski definition) is 5. The van der Waals surface area contributed by atoms with E-state index in [0.29, 0.717) is 43.0 Å². The number of carbonyl (C=O) groups is 1. The van der Waals surface area contributed by atoms with E-state index in [0.717, 1.165) is 5.56 Å². The molecule has 1 fully saturated rings. The third-order valence-corrected chi connectivity index (χ3v) is 5.80. The molecule has 0 saturated carbocycles. The van der Waals surface area contributed by atoms with E-state index in [9.17, 15) is 13.2 Å². The van der Waals surface area contributed by atoms with Crippen LogP contribution in [0.2, 0.25) is 0 Å². The van der Waals surface area contributed by atoms with E-state index < -0.39 is 21.0 Å². The number of ether oxygens (including phenoxy) is 1. The second-order valence-electron chi connectivity index (χ2n) is 7.44. The van der Waals surface area contributed by atoms with Crippen molar-refractivity contribution >= 4 is 33.8 Å². The summed E-state index contributed by atoms with van der Waals surface area (Å²) in [5.41, 5.74) is 1.94. The highest BCUT2D eigenvalue weighted by Crippen LogP contribution is 2.33. The minimum Gasteiger partial charge on any atom is -0.478 e. The third kappa shape index (κ3) is 5.41. The Morgan fingerprint density at radius 3 is 2.50 bits per heavy atom. The third-order valence-electron chi connectivity index (χ3n) is 4.47. The highest BCUT2D eigenvalue weighted by atomic mass is 32.2. The number of pyridine rings is 1. The number of hydrogen-bond acceptors (Lipinski definition) is 8. The smallest absolute Gasteiger partial charge is 0.333 e. The molecule has 1 aromatic rings. The Labute approximate surface area is 177 Å². The van der Waals surface area contributed by atoms with Crippen molar-refractivity contribution in [3.8, 4) is 0 Å². The number of allylic oxidation sites excluding steroid dienone is 1. The summed E-state index contributed by atoms with van der Waals surface area (Å²) in [5, 5.41) is 15.9. The average Bonchev–Trinajstić information content (AvgIpc) is 2.68. The molecule has 0 bridgehead atoms. The van der Waals surface area contributed by atoms with Crippen molar-refractivity contribution in [2.45, 2.75) is 46.0 Å². The Balaban J connectivity index is 2.36. The number of rotatable bonds is 7. The summed E-state index contributed by atoms with van der Waals surface area (Å²) in [6, 6.07) is 0.888. The van der Waals surface area contributed by atoms with Crippen LogP contribution in [-0.4, -0.2) is 45.8 Å². The van der Waals surface area contributed by atoms with Gasteiger partial charge in [-0.3, -0.25) is 0 Å². The Morgan fingerprint density at radius 1 is 1.30 bits per heavy atom. The second kappa shape index (κ2) is 9.79. The van der Waals surface area contributed by atoms with Crippen LogP contribution in [0.4, 0.5) is 16.3 Å². The minimum atomic E-state index is -4.32. The number of nitrogens with zero attached hydrogens (tertiary/aromatic N) is 1. The van der Waals surface area contributed by atoms with E-state index in [-0.39, 0.29) is 17.7 Å². The molecule has 5 N–H and O–H groups in total. The molecule has 0 unspecified atom stereocenters. The number of sulfonamides is 1. The molecule has 10 nitrogen and oxygen atoms in total. The first-order chi connectivity index (χ1) is 14.1. The van der Waals surface area contributed by atoms with Gasteiger partial charge in [-0.25, -0.2) is 22.9 Å². The fraction of sp³-hybridized carbons (Fsp3) is 0.526. The molecule has 0 spiro atoms. The minimum absolute atomic E-state index is 0.0122. The molecule has 1 aliphatic heterocycles. The fourth-order valence-corrected chi connectivity index (χ4v) is 3.90. The molecule has 1 saturated heterocycles. The molecular weight excluding hydrogens is 408 g/mol. The van der Waals surface area contributed by atoms with E-state index in [1.165, 1.54) is 0 Å². The summed E-state index contributed by atoms with van der Waals surface area (Å²) in [7, 11) is -2.56. The van der Waals surface area contributed by atoms with Crippen LogP contribution in [0.5, 0.6) is 0 Å². The normalized spacial score (nSPS) is 15.8. The van der Waals surface area contributed by atoms with Crippen molar-refractivity contribution < 1.29 is 17.9 Å². The van der Waals surface area contributed by atoms with Crippen molar-refractivity contribution in [2.24, 2.45) is 0 Å². The van der Waals surface area contributed by atoms with E-state index in [2.05, 4.69) is 20.9 Å². The number of urea groups is 1. The van der Waals surface area contributed by atoms with Gasteiger partial charge in [0.1, 0.15) is 5.82 Å². The molecule has 0 atom stereocenters. The van der Waals surface area contributed by atoms with Crippen molar-refractivity contribution in [2.75, 3.05) is 30.8 Å². The van der Waals surface area contributed by atoms with Gasteiger partial charge in [0.2, 0.25) is 5.88 Å². The van der Waals surface area contributed by atoms with Gasteiger partial charge < -0.3 is 26.1 Å². The summed E-state index contributed by atoms with van der Waals surface area (Å²) in [5.74, 6) is 0.671. The zero-order valence-electron chi connectivity index (χ0n) is 17.9. The van der Waals surface area contributed by atoms with Crippen molar-refractivity contribution in [1.29, 1.82) is 5.41 Å². The lowest BCUT2D eigenvalue weighted by Gasteiger charge is -2.22. The van der Waals surface area contributed by atoms with Gasteiger partial charge in [-0.1, -0.05) is 27.7 Å². The Kier molecular flexibility index (Phi) is 7.65. The lowest BCUT2D eigenvalue weighted by atomic mass is 9.97. The topological polar surface area (TPSA) is 145 Å². The van der Waals surface area contributed by atoms with Gasteiger partial charge >= 0.3 is 6.03 Å². The maximum atomic E-state index is 12.7. The predicted octanol–water partition coefficient (Wildman–Crippen LogP) is 2.65. The lowest BCUT2D eigenvalue weighted by molar-refractivity contribution is 0.157. The van der Waals surface area contributed by atoms with E-state index in [1.54, 1.807) is 7.05 Å². The quantitative estimate of drug-likeness (QED) is 0.411. The van der Waals surface area contributed by atoms with Gasteiger partial charge in [0.05, 0.1) is 18.0 Å². The molecule has 0 aliphatic carbocycles. The van der Waals surface area contributed by atoms with Crippen molar-refractivity contribution in [1.82, 2.24) is 15.0 Å². The molecule has 11 heteroatoms. The summed E-state index contributed by atoms with van der Waals surface area (Å²) in [6.07, 6.45) is 1.36. The molecule has 0 radical (unpaired) electrons. The predicted molar refractivity (Wildman–Crippen MR) is 117 cm³/mol. The van der Waals surface area contributed by atoms with E-state index in [1.807, 2.05) is 38.5 Å². The largest absolute Gasteiger partial charge is 0.478 e. The van der Waals surface area contributed by atoms with Gasteiger partial charge in [-0.15, -0.1) is 0 Å². The van der Waals surface area contributed by atoms with Crippen LogP contribution in [0.25, 0.3) is 0 Å². The Hall–Kier alpha value is -2.82. The number of carbonyl (C=O) groups excluding carboxylic acids is 1. The highest BCUT2D eigenvalue weighted by molar-refractivity contribution is 7.94. The molecule has 0 aromatic carbocycles. The molecular formula is C19H30N6O4S. The zero-order chi connectivity index (χ0) is 22.5. The first kappa shape index (κ1) is 23.5. The van der Waals surface area contributed by atoms with Crippen LogP contribution in [0.1, 0.15) is 57.2 Å². The summed E-state index contributed by atoms with van der Waals surface area (Å²) < 4.78 is 32.6. The van der Waals surface area contributed by atoms with Gasteiger partial charge in [-0.05, 0) is 29.9 Å². The molecule has 2 rings (SSSR count). The molecule has 2 heterocycles. The zero-order valence-corrected chi connectivity index (χ0v) is 18.7. The molecule has 1 aliphatic rings. The summed E-state index contributed by atoms with van der Waals surface area (Å²) >= 11 is 0. The summed E-state index contributed by atoms with van der Waals surface area (Å²) in [6.45, 7) is 8.68. The maximum absolute atomic E-state index is 12.7. The Morgan fingerprint density at radius 2 is 2.00 bits per heavy atom. The first-order valence-electron chi connectivity index (χ1n) is 9.78. The maximum Gasteiger partial charge on any atom is 0.333 e. The van der Waals surface area contributed by atoms with Crippen LogP contribution in [0, 0.1) is 5.41 Å². The van der Waals surface area contributed by atoms with Crippen molar-refractivity contribution in [3.05, 3.63) is 28.1 Å². The van der Waals surface area contributed by atoms with Gasteiger partial charge in [0.15, 0.2) is 4.91 Å². The Bertz CT molecular complexity index is 903. The first-order valence-corrected chi connectivity index (χ1v) is 11.3. The number of amides is 2. The molecule has 30 heavy (non-hydrogen) atoms. The summed E-state index contributed by atoms with van der Waals surface area (Å²) in [4.78, 5) is 16.7. The number of aromatic nitrogens is 1. The fourth-order valence-electron chi connectivity index (χ4n) is 2.96. The van der Waals surface area contributed by atoms with Gasteiger partial charge in [0.25, 0.3) is 10.0 Å². The van der Waals surface area contributed by atoms with Gasteiger partial charge in [0, 0.05) is 19.8 Å². The molecule has 2 amide bonds. The standard InChI is InChI=1S/C19H30N6O4S/c1-11(2)13-9-15(21-5)23-16(12(3)4)17(13)24-19(26)25-30(27,28)14(10-20)18-22-7-6-8-29-18/h9-12,20,22H,6-8H2,1-5H3,(H,21,23)(H2,24,25,26)/b18-14-,20-10?. The highest BCUT2D eigenvalue weighted by Gasteiger charge is 2.27. The van der Waals surface area contributed by atoms with Crippen molar-refractivity contribution in [3.63, 3.8) is 0 Å². The lowest BCUT2D eigenvalue weighted by Crippen LogP contribution is -2.38. The molecule has 1 aromatic heterocycles. The van der Waals surface area contributed by atoms with Crippen LogP contribution in [-0.2, 0) is 14.8 Å². The SMILES string of the molecule is CNc1cc(C(C)C)c(NC(=O)NS(=O)(=O)/C(C=N)=C2/NCCCO2)c(C(C)C)n1. The number of nitrogens with one attached hydrogen (secondary N) is 5.